The predicted molar refractivity (Wildman–Crippen MR) is 72.9 cm³/mol. The lowest BCUT2D eigenvalue weighted by atomic mass is 9.94. The Morgan fingerprint density at radius 2 is 2.00 bits per heavy atom. The number of sulfone groups is 1. The molecule has 0 saturated heterocycles. The molecule has 3 nitrogen and oxygen atoms in total. The molecule has 0 amide bonds. The van der Waals surface area contributed by atoms with Crippen molar-refractivity contribution >= 4 is 9.84 Å². The molecule has 0 aromatic heterocycles. The molecule has 0 aliphatic heterocycles. The van der Waals surface area contributed by atoms with Crippen LogP contribution in [0.25, 0.3) is 0 Å². The second-order valence-electron chi connectivity index (χ2n) is 5.88. The molecule has 0 unspecified atom stereocenters. The Hall–Kier alpha value is -0.350. The summed E-state index contributed by atoms with van der Waals surface area (Å²) >= 11 is 0. The second kappa shape index (κ2) is 5.53. The normalized spacial score (nSPS) is 22.1. The van der Waals surface area contributed by atoms with E-state index in [2.05, 4.69) is 17.1 Å². The third kappa shape index (κ3) is 4.43. The molecule has 1 aliphatic rings. The van der Waals surface area contributed by atoms with Gasteiger partial charge in [0.1, 0.15) is 0 Å². The van der Waals surface area contributed by atoms with Gasteiger partial charge in [-0.2, -0.15) is 0 Å². The largest absolute Gasteiger partial charge is 0.305 e. The highest BCUT2D eigenvalue weighted by Gasteiger charge is 2.31. The fourth-order valence-corrected chi connectivity index (χ4v) is 2.75. The van der Waals surface area contributed by atoms with E-state index in [1.165, 1.54) is 12.7 Å². The molecule has 0 spiro atoms. The molecule has 0 aromatic rings. The van der Waals surface area contributed by atoms with Gasteiger partial charge in [0, 0.05) is 19.3 Å². The lowest BCUT2D eigenvalue weighted by Crippen LogP contribution is -2.43. The minimum Gasteiger partial charge on any atom is -0.305 e. The first kappa shape index (κ1) is 14.7. The van der Waals surface area contributed by atoms with Crippen LogP contribution in [0.15, 0.2) is 12.2 Å². The van der Waals surface area contributed by atoms with Gasteiger partial charge in [0.15, 0.2) is 9.84 Å². The van der Waals surface area contributed by atoms with E-state index in [-0.39, 0.29) is 0 Å². The van der Waals surface area contributed by atoms with E-state index in [1.54, 1.807) is 13.8 Å². The van der Waals surface area contributed by atoms with Gasteiger partial charge in [0.2, 0.25) is 0 Å². The fourth-order valence-electron chi connectivity index (χ4n) is 2.29. The van der Waals surface area contributed by atoms with E-state index in [0.717, 1.165) is 19.4 Å². The van der Waals surface area contributed by atoms with Gasteiger partial charge in [-0.3, -0.25) is 0 Å². The van der Waals surface area contributed by atoms with Crippen LogP contribution in [0.1, 0.15) is 33.1 Å². The smallest absolute Gasteiger partial charge is 0.153 e. The Bertz CT molecular complexity index is 371. The molecule has 0 aromatic carbocycles. The Balaban J connectivity index is 2.49. The third-order valence-electron chi connectivity index (χ3n) is 3.60. The summed E-state index contributed by atoms with van der Waals surface area (Å²) in [7, 11) is -0.975. The van der Waals surface area contributed by atoms with Crippen molar-refractivity contribution in [1.82, 2.24) is 4.90 Å². The zero-order valence-electron chi connectivity index (χ0n) is 11.4. The predicted octanol–water partition coefficient (Wildman–Crippen LogP) is 2.10. The topological polar surface area (TPSA) is 37.4 Å². The summed E-state index contributed by atoms with van der Waals surface area (Å²) in [6, 6.07) is 0. The van der Waals surface area contributed by atoms with Crippen LogP contribution in [0.3, 0.4) is 0 Å². The molecule has 0 radical (unpaired) electrons. The highest BCUT2D eigenvalue weighted by atomic mass is 32.2. The average molecular weight is 259 g/mol. The molecule has 1 aliphatic carbocycles. The van der Waals surface area contributed by atoms with Crippen LogP contribution in [0.5, 0.6) is 0 Å². The standard InChI is InChI=1S/C13H25NO2S/c1-13(2,17(4,15)16)11-14(3)10-12-8-6-5-7-9-12/h5-6,12H,7-11H2,1-4H3/t12-/m1/s1. The van der Waals surface area contributed by atoms with Crippen LogP contribution in [0.4, 0.5) is 0 Å². The van der Waals surface area contributed by atoms with Crippen molar-refractivity contribution in [3.63, 3.8) is 0 Å². The highest BCUT2D eigenvalue weighted by molar-refractivity contribution is 7.92. The first-order chi connectivity index (χ1) is 7.72. The lowest BCUT2D eigenvalue weighted by molar-refractivity contribution is 0.247. The lowest BCUT2D eigenvalue weighted by Gasteiger charge is -2.31. The first-order valence-corrected chi connectivity index (χ1v) is 8.14. The molecule has 17 heavy (non-hydrogen) atoms. The molecule has 4 heteroatoms. The van der Waals surface area contributed by atoms with Gasteiger partial charge < -0.3 is 4.90 Å². The molecular formula is C13H25NO2S. The molecule has 0 N–H and O–H groups in total. The van der Waals surface area contributed by atoms with Crippen molar-refractivity contribution in [1.29, 1.82) is 0 Å². The van der Waals surface area contributed by atoms with Gasteiger partial charge in [-0.25, -0.2) is 8.42 Å². The van der Waals surface area contributed by atoms with Crippen LogP contribution >= 0.6 is 0 Å². The van der Waals surface area contributed by atoms with Crippen molar-refractivity contribution in [2.24, 2.45) is 5.92 Å². The summed E-state index contributed by atoms with van der Waals surface area (Å²) in [5.41, 5.74) is 0. The Kier molecular flexibility index (Phi) is 4.78. The van der Waals surface area contributed by atoms with E-state index < -0.39 is 14.6 Å². The molecule has 1 atom stereocenters. The van der Waals surface area contributed by atoms with Crippen LogP contribution in [0.2, 0.25) is 0 Å². The monoisotopic (exact) mass is 259 g/mol. The summed E-state index contributed by atoms with van der Waals surface area (Å²) in [6.07, 6.45) is 9.31. The number of rotatable bonds is 5. The molecule has 0 saturated carbocycles. The van der Waals surface area contributed by atoms with Gasteiger partial charge in [-0.15, -0.1) is 0 Å². The maximum Gasteiger partial charge on any atom is 0.153 e. The van der Waals surface area contributed by atoms with Crippen molar-refractivity contribution in [2.45, 2.75) is 37.9 Å². The maximum absolute atomic E-state index is 11.6. The zero-order valence-corrected chi connectivity index (χ0v) is 12.3. The van der Waals surface area contributed by atoms with E-state index >= 15 is 0 Å². The van der Waals surface area contributed by atoms with E-state index in [9.17, 15) is 8.42 Å². The van der Waals surface area contributed by atoms with E-state index in [1.807, 2.05) is 7.05 Å². The number of hydrogen-bond acceptors (Lipinski definition) is 3. The minimum absolute atomic E-state index is 0.603. The average Bonchev–Trinajstić information content (AvgIpc) is 2.16. The molecule has 0 fully saturated rings. The number of hydrogen-bond donors (Lipinski definition) is 0. The van der Waals surface area contributed by atoms with E-state index in [4.69, 9.17) is 0 Å². The van der Waals surface area contributed by atoms with Crippen LogP contribution in [-0.4, -0.2) is 44.5 Å². The van der Waals surface area contributed by atoms with Gasteiger partial charge in [-0.05, 0) is 46.1 Å². The SMILES string of the molecule is CN(C[C@@H]1CC=CCC1)CC(C)(C)S(C)(=O)=O. The summed E-state index contributed by atoms with van der Waals surface area (Å²) in [5.74, 6) is 0.681. The van der Waals surface area contributed by atoms with Gasteiger partial charge >= 0.3 is 0 Å². The Labute approximate surface area is 106 Å². The summed E-state index contributed by atoms with van der Waals surface area (Å²) in [5, 5.41) is 0. The molecular weight excluding hydrogens is 234 g/mol. The maximum atomic E-state index is 11.6. The molecule has 0 heterocycles. The Morgan fingerprint density at radius 1 is 1.35 bits per heavy atom. The van der Waals surface area contributed by atoms with Crippen molar-refractivity contribution in [3.8, 4) is 0 Å². The summed E-state index contributed by atoms with van der Waals surface area (Å²) < 4.78 is 22.6. The van der Waals surface area contributed by atoms with Crippen LogP contribution < -0.4 is 0 Å². The second-order valence-corrected chi connectivity index (χ2v) is 8.53. The summed E-state index contributed by atoms with van der Waals surface area (Å²) in [6.45, 7) is 5.20. The number of allylic oxidation sites excluding steroid dienone is 2. The highest BCUT2D eigenvalue weighted by Crippen LogP contribution is 2.21. The van der Waals surface area contributed by atoms with Gasteiger partial charge in [0.05, 0.1) is 4.75 Å². The molecule has 100 valence electrons. The van der Waals surface area contributed by atoms with Gasteiger partial charge in [0.25, 0.3) is 0 Å². The van der Waals surface area contributed by atoms with Crippen LogP contribution in [-0.2, 0) is 9.84 Å². The summed E-state index contributed by atoms with van der Waals surface area (Å²) in [4.78, 5) is 2.16. The van der Waals surface area contributed by atoms with Gasteiger partial charge in [-0.1, -0.05) is 12.2 Å². The Morgan fingerprint density at radius 3 is 2.47 bits per heavy atom. The van der Waals surface area contributed by atoms with Crippen LogP contribution in [0, 0.1) is 5.92 Å². The molecule has 1 rings (SSSR count). The number of nitrogens with zero attached hydrogens (tertiary/aromatic N) is 1. The molecule has 0 bridgehead atoms. The fraction of sp³-hybridized carbons (Fsp3) is 0.846. The zero-order chi connectivity index (χ0) is 13.1. The van der Waals surface area contributed by atoms with Crippen molar-refractivity contribution < 1.29 is 8.42 Å². The van der Waals surface area contributed by atoms with Crippen molar-refractivity contribution in [2.75, 3.05) is 26.4 Å². The van der Waals surface area contributed by atoms with E-state index in [0.29, 0.717) is 12.5 Å². The third-order valence-corrected chi connectivity index (χ3v) is 5.74. The minimum atomic E-state index is -2.99. The quantitative estimate of drug-likeness (QED) is 0.710. The first-order valence-electron chi connectivity index (χ1n) is 6.25. The van der Waals surface area contributed by atoms with Crippen molar-refractivity contribution in [3.05, 3.63) is 12.2 Å².